The molecule has 0 aliphatic heterocycles. The predicted molar refractivity (Wildman–Crippen MR) is 48.5 cm³/mol. The summed E-state index contributed by atoms with van der Waals surface area (Å²) in [5.41, 5.74) is -4.99. The van der Waals surface area contributed by atoms with E-state index in [1.54, 1.807) is 4.72 Å². The molecule has 0 spiro atoms. The van der Waals surface area contributed by atoms with E-state index in [-0.39, 0.29) is 0 Å². The quantitative estimate of drug-likeness (QED) is 0.673. The van der Waals surface area contributed by atoms with Crippen LogP contribution < -0.4 is 4.72 Å². The van der Waals surface area contributed by atoms with E-state index < -0.39 is 22.3 Å². The van der Waals surface area contributed by atoms with Crippen molar-refractivity contribution in [3.8, 4) is 0 Å². The maximum absolute atomic E-state index is 11.7. The molecule has 0 aliphatic carbocycles. The second-order valence-electron chi connectivity index (χ2n) is 2.27. The van der Waals surface area contributed by atoms with Crippen molar-refractivity contribution in [2.45, 2.75) is 39.2 Å². The highest BCUT2D eigenvalue weighted by Crippen LogP contribution is 2.52. The van der Waals surface area contributed by atoms with Crippen molar-refractivity contribution >= 4 is 10.8 Å². The molecule has 0 aromatic heterocycles. The molecule has 0 saturated carbocycles. The Hall–Kier alpha value is 0.0200. The summed E-state index contributed by atoms with van der Waals surface area (Å²) in [5.74, 6) is 0. The van der Waals surface area contributed by atoms with Gasteiger partial charge in [-0.15, -0.1) is 0 Å². The summed E-state index contributed by atoms with van der Waals surface area (Å²) in [5, 5.41) is 0. The Morgan fingerprint density at radius 1 is 1.15 bits per heavy atom. The van der Waals surface area contributed by atoms with Crippen LogP contribution in [0.4, 0.5) is 13.2 Å². The molecule has 0 bridgehead atoms. The molecule has 0 aromatic carbocycles. The highest BCUT2D eigenvalue weighted by Gasteiger charge is 2.45. The second-order valence-corrected chi connectivity index (χ2v) is 4.06. The van der Waals surface area contributed by atoms with Crippen molar-refractivity contribution in [2.75, 3.05) is 0 Å². The molecule has 0 atom stereocenters. The minimum absolute atomic E-state index is 0.623. The van der Waals surface area contributed by atoms with E-state index in [2.05, 4.69) is 0 Å². The fourth-order valence-electron chi connectivity index (χ4n) is 0.395. The minimum Gasteiger partial charge on any atom is -0.279 e. The minimum atomic E-state index is -4.99. The highest BCUT2D eigenvalue weighted by molar-refractivity contribution is 8.23. The average molecular weight is 223 g/mol. The maximum Gasteiger partial charge on any atom is 0.509 e. The molecule has 0 radical (unpaired) electrons. The van der Waals surface area contributed by atoms with Crippen LogP contribution in [0.3, 0.4) is 0 Å². The molecule has 0 aliphatic rings. The maximum atomic E-state index is 11.7. The van der Waals surface area contributed by atoms with Crippen molar-refractivity contribution < 1.29 is 22.3 Å². The summed E-state index contributed by atoms with van der Waals surface area (Å²) in [7, 11) is -4.65. The van der Waals surface area contributed by atoms with E-state index in [4.69, 9.17) is 9.11 Å². The lowest BCUT2D eigenvalue weighted by molar-refractivity contribution is -0.0545. The largest absolute Gasteiger partial charge is 0.509 e. The van der Waals surface area contributed by atoms with Gasteiger partial charge in [0, 0.05) is 6.04 Å². The summed E-state index contributed by atoms with van der Waals surface area (Å²) < 4.78 is 53.5. The Labute approximate surface area is 77.8 Å². The number of halogens is 3. The smallest absolute Gasteiger partial charge is 0.279 e. The summed E-state index contributed by atoms with van der Waals surface area (Å²) in [6.07, 6.45) is 0. The lowest BCUT2D eigenvalue weighted by atomic mass is 10.4. The van der Waals surface area contributed by atoms with E-state index in [0.717, 1.165) is 0 Å². The number of rotatable bonds is 2. The van der Waals surface area contributed by atoms with Crippen LogP contribution in [-0.4, -0.2) is 20.7 Å². The molecule has 0 rings (SSSR count). The van der Waals surface area contributed by atoms with Gasteiger partial charge in [-0.1, -0.05) is 13.8 Å². The lowest BCUT2D eigenvalue weighted by Gasteiger charge is -2.35. The van der Waals surface area contributed by atoms with E-state index in [1.165, 1.54) is 13.8 Å². The molecule has 0 heterocycles. The van der Waals surface area contributed by atoms with Gasteiger partial charge in [-0.2, -0.15) is 13.2 Å². The normalized spacial score (nSPS) is 13.7. The highest BCUT2D eigenvalue weighted by atomic mass is 32.3. The molecule has 0 fully saturated rings. The molecule has 84 valence electrons. The van der Waals surface area contributed by atoms with Gasteiger partial charge in [0.15, 0.2) is 0 Å². The van der Waals surface area contributed by atoms with Crippen LogP contribution in [0.25, 0.3) is 0 Å². The average Bonchev–Trinajstić information content (AvgIpc) is 1.86. The number of alkyl halides is 3. The van der Waals surface area contributed by atoms with Crippen LogP contribution >= 0.6 is 10.8 Å². The molecule has 3 nitrogen and oxygen atoms in total. The van der Waals surface area contributed by atoms with Crippen molar-refractivity contribution in [3.05, 3.63) is 0 Å². The molecule has 3 N–H and O–H groups in total. The number of hydrogen-bond donors (Lipinski definition) is 3. The van der Waals surface area contributed by atoms with Crippen molar-refractivity contribution in [2.24, 2.45) is 0 Å². The fourth-order valence-corrected chi connectivity index (χ4v) is 1.19. The molecular weight excluding hydrogens is 207 g/mol. The zero-order valence-electron chi connectivity index (χ0n) is 8.01. The van der Waals surface area contributed by atoms with Crippen LogP contribution in [0.1, 0.15) is 27.7 Å². The zero-order chi connectivity index (χ0) is 11.3. The molecule has 7 heteroatoms. The monoisotopic (exact) mass is 223 g/mol. The van der Waals surface area contributed by atoms with E-state index in [9.17, 15) is 13.2 Å². The number of nitrogens with one attached hydrogen (secondary N) is 1. The Kier molecular flexibility index (Phi) is 6.78. The first-order valence-electron chi connectivity index (χ1n) is 3.78. The van der Waals surface area contributed by atoms with Crippen LogP contribution in [0.5, 0.6) is 0 Å². The standard InChI is InChI=1S/C4H10F3NO2S.C2H6/c1-3(2)8-11(9,10)4(5,6)7;1-2/h3,8-10H,1-2H3;1-2H3. The first-order valence-corrected chi connectivity index (χ1v) is 5.33. The summed E-state index contributed by atoms with van der Waals surface area (Å²) >= 11 is 0. The first-order chi connectivity index (χ1) is 5.67. The third-order valence-corrected chi connectivity index (χ3v) is 2.17. The molecule has 0 unspecified atom stereocenters. The number of hydrogen-bond acceptors (Lipinski definition) is 3. The Balaban J connectivity index is 0. The van der Waals surface area contributed by atoms with Gasteiger partial charge in [-0.3, -0.25) is 9.11 Å². The van der Waals surface area contributed by atoms with Gasteiger partial charge in [-0.25, -0.2) is 4.72 Å². The molecule has 13 heavy (non-hydrogen) atoms. The van der Waals surface area contributed by atoms with Crippen LogP contribution in [0, 0.1) is 0 Å². The van der Waals surface area contributed by atoms with Gasteiger partial charge in [0.25, 0.3) is 0 Å². The summed E-state index contributed by atoms with van der Waals surface area (Å²) in [4.78, 5) is 0. The molecule has 0 aromatic rings. The van der Waals surface area contributed by atoms with Gasteiger partial charge in [0.2, 0.25) is 0 Å². The van der Waals surface area contributed by atoms with Gasteiger partial charge in [-0.05, 0) is 24.6 Å². The summed E-state index contributed by atoms with van der Waals surface area (Å²) in [6, 6.07) is -0.623. The SMILES string of the molecule is CC.CC(C)NS(O)(O)C(F)(F)F. The van der Waals surface area contributed by atoms with Gasteiger partial charge in [0.05, 0.1) is 0 Å². The lowest BCUT2D eigenvalue weighted by Crippen LogP contribution is -2.35. The fraction of sp³-hybridized carbons (Fsp3) is 1.00. The third-order valence-electron chi connectivity index (χ3n) is 0.723. The van der Waals surface area contributed by atoms with Gasteiger partial charge < -0.3 is 0 Å². The van der Waals surface area contributed by atoms with Crippen LogP contribution in [-0.2, 0) is 0 Å². The van der Waals surface area contributed by atoms with Crippen LogP contribution in [0.2, 0.25) is 0 Å². The van der Waals surface area contributed by atoms with Crippen molar-refractivity contribution in [1.29, 1.82) is 0 Å². The molecule has 0 amide bonds. The van der Waals surface area contributed by atoms with Gasteiger partial charge in [0.1, 0.15) is 0 Å². The second kappa shape index (κ2) is 5.69. The van der Waals surface area contributed by atoms with E-state index in [0.29, 0.717) is 0 Å². The predicted octanol–water partition coefficient (Wildman–Crippen LogP) is 3.20. The Morgan fingerprint density at radius 3 is 1.54 bits per heavy atom. The zero-order valence-corrected chi connectivity index (χ0v) is 8.83. The van der Waals surface area contributed by atoms with E-state index >= 15 is 0 Å². The third kappa shape index (κ3) is 6.14. The van der Waals surface area contributed by atoms with Gasteiger partial charge >= 0.3 is 5.51 Å². The topological polar surface area (TPSA) is 52.5 Å². The molecular formula is C6H16F3NO2S. The van der Waals surface area contributed by atoms with Crippen molar-refractivity contribution in [3.63, 3.8) is 0 Å². The first kappa shape index (κ1) is 15.5. The summed E-state index contributed by atoms with van der Waals surface area (Å²) in [6.45, 7) is 6.78. The van der Waals surface area contributed by atoms with Crippen LogP contribution in [0.15, 0.2) is 0 Å². The molecule has 0 saturated heterocycles. The Bertz CT molecular complexity index is 138. The van der Waals surface area contributed by atoms with Crippen molar-refractivity contribution in [1.82, 2.24) is 4.72 Å². The Morgan fingerprint density at radius 2 is 1.46 bits per heavy atom. The van der Waals surface area contributed by atoms with E-state index in [1.807, 2.05) is 13.8 Å².